The van der Waals surface area contributed by atoms with Crippen LogP contribution in [0.25, 0.3) is 5.65 Å². The summed E-state index contributed by atoms with van der Waals surface area (Å²) in [6, 6.07) is 5.98. The molecule has 1 saturated heterocycles. The molecule has 0 aliphatic carbocycles. The summed E-state index contributed by atoms with van der Waals surface area (Å²) < 4.78 is 2.07. The summed E-state index contributed by atoms with van der Waals surface area (Å²) in [5.41, 5.74) is 0.940. The monoisotopic (exact) mass is 188 g/mol. The topological polar surface area (TPSA) is 42.2 Å². The number of rotatable bonds is 2. The minimum absolute atomic E-state index is 0.739. The zero-order valence-electron chi connectivity index (χ0n) is 7.85. The standard InChI is InChI=1S/C10H12N4/c1-2-4-14-9(3-1)12-13-10(14)5-8-6-11-7-8/h1-4,8,11H,5-7H2. The van der Waals surface area contributed by atoms with E-state index >= 15 is 0 Å². The first-order valence-corrected chi connectivity index (χ1v) is 4.93. The summed E-state index contributed by atoms with van der Waals surface area (Å²) in [4.78, 5) is 0. The highest BCUT2D eigenvalue weighted by molar-refractivity contribution is 5.37. The number of nitrogens with one attached hydrogen (secondary N) is 1. The van der Waals surface area contributed by atoms with Crippen LogP contribution >= 0.6 is 0 Å². The molecule has 0 atom stereocenters. The zero-order chi connectivity index (χ0) is 9.38. The Labute approximate surface area is 82.0 Å². The van der Waals surface area contributed by atoms with Crippen LogP contribution in [0.5, 0.6) is 0 Å². The van der Waals surface area contributed by atoms with Gasteiger partial charge in [-0.15, -0.1) is 10.2 Å². The minimum Gasteiger partial charge on any atom is -0.316 e. The van der Waals surface area contributed by atoms with E-state index in [1.54, 1.807) is 0 Å². The number of fused-ring (bicyclic) bond motifs is 1. The molecule has 0 radical (unpaired) electrons. The molecular formula is C10H12N4. The van der Waals surface area contributed by atoms with Crippen LogP contribution in [0, 0.1) is 5.92 Å². The van der Waals surface area contributed by atoms with Crippen LogP contribution in [-0.4, -0.2) is 27.7 Å². The summed E-state index contributed by atoms with van der Waals surface area (Å²) in [6.45, 7) is 2.23. The van der Waals surface area contributed by atoms with Crippen LogP contribution in [0.2, 0.25) is 0 Å². The number of pyridine rings is 1. The Bertz CT molecular complexity index is 444. The van der Waals surface area contributed by atoms with Gasteiger partial charge in [0.05, 0.1) is 0 Å². The van der Waals surface area contributed by atoms with Gasteiger partial charge in [0, 0.05) is 12.6 Å². The first-order valence-electron chi connectivity index (χ1n) is 4.93. The Hall–Kier alpha value is -1.42. The Morgan fingerprint density at radius 3 is 3.07 bits per heavy atom. The van der Waals surface area contributed by atoms with Gasteiger partial charge in [-0.05, 0) is 31.1 Å². The smallest absolute Gasteiger partial charge is 0.160 e. The van der Waals surface area contributed by atoms with E-state index in [0.29, 0.717) is 0 Å². The van der Waals surface area contributed by atoms with Gasteiger partial charge in [0.15, 0.2) is 5.65 Å². The molecule has 4 nitrogen and oxygen atoms in total. The molecule has 14 heavy (non-hydrogen) atoms. The maximum Gasteiger partial charge on any atom is 0.160 e. The second-order valence-corrected chi connectivity index (χ2v) is 3.77. The summed E-state index contributed by atoms with van der Waals surface area (Å²) in [6.07, 6.45) is 3.05. The van der Waals surface area contributed by atoms with Crippen LogP contribution in [0.4, 0.5) is 0 Å². The van der Waals surface area contributed by atoms with Crippen LogP contribution < -0.4 is 5.32 Å². The number of aromatic nitrogens is 3. The molecule has 1 fully saturated rings. The lowest BCUT2D eigenvalue weighted by molar-refractivity contribution is 0.340. The van der Waals surface area contributed by atoms with Crippen LogP contribution in [0.15, 0.2) is 24.4 Å². The fourth-order valence-electron chi connectivity index (χ4n) is 1.78. The lowest BCUT2D eigenvalue weighted by atomic mass is 9.99. The predicted octanol–water partition coefficient (Wildman–Crippen LogP) is 0.491. The number of hydrogen-bond donors (Lipinski definition) is 1. The van der Waals surface area contributed by atoms with Gasteiger partial charge in [-0.2, -0.15) is 0 Å². The average Bonchev–Trinajstić information content (AvgIpc) is 2.55. The molecule has 0 bridgehead atoms. The van der Waals surface area contributed by atoms with Gasteiger partial charge in [-0.1, -0.05) is 6.07 Å². The second kappa shape index (κ2) is 3.06. The Balaban J connectivity index is 1.95. The molecule has 1 aliphatic rings. The van der Waals surface area contributed by atoms with Crippen molar-refractivity contribution in [1.82, 2.24) is 19.9 Å². The van der Waals surface area contributed by atoms with E-state index in [2.05, 4.69) is 19.9 Å². The lowest BCUT2D eigenvalue weighted by Crippen LogP contribution is -2.43. The SMILES string of the molecule is c1ccn2c(CC3CNC3)nnc2c1. The highest BCUT2D eigenvalue weighted by atomic mass is 15.2. The molecule has 0 spiro atoms. The quantitative estimate of drug-likeness (QED) is 0.746. The maximum absolute atomic E-state index is 4.20. The first kappa shape index (κ1) is 7.94. The van der Waals surface area contributed by atoms with Crippen molar-refractivity contribution in [3.05, 3.63) is 30.2 Å². The van der Waals surface area contributed by atoms with Crippen molar-refractivity contribution < 1.29 is 0 Å². The molecule has 3 rings (SSSR count). The summed E-state index contributed by atoms with van der Waals surface area (Å²) in [7, 11) is 0. The van der Waals surface area contributed by atoms with Crippen molar-refractivity contribution in [2.45, 2.75) is 6.42 Å². The largest absolute Gasteiger partial charge is 0.316 e. The highest BCUT2D eigenvalue weighted by Gasteiger charge is 2.19. The van der Waals surface area contributed by atoms with Gasteiger partial charge in [0.25, 0.3) is 0 Å². The fourth-order valence-corrected chi connectivity index (χ4v) is 1.78. The average molecular weight is 188 g/mol. The number of hydrogen-bond acceptors (Lipinski definition) is 3. The maximum atomic E-state index is 4.20. The molecule has 0 amide bonds. The third-order valence-corrected chi connectivity index (χ3v) is 2.72. The van der Waals surface area contributed by atoms with Crippen molar-refractivity contribution >= 4 is 5.65 Å². The van der Waals surface area contributed by atoms with Crippen LogP contribution in [0.3, 0.4) is 0 Å². The van der Waals surface area contributed by atoms with Gasteiger partial charge >= 0.3 is 0 Å². The van der Waals surface area contributed by atoms with E-state index in [1.165, 1.54) is 0 Å². The summed E-state index contributed by atoms with van der Waals surface area (Å²) in [5.74, 6) is 1.81. The third kappa shape index (κ3) is 1.19. The molecular weight excluding hydrogens is 176 g/mol. The predicted molar refractivity (Wildman–Crippen MR) is 53.1 cm³/mol. The summed E-state index contributed by atoms with van der Waals surface area (Å²) >= 11 is 0. The molecule has 1 N–H and O–H groups in total. The van der Waals surface area contributed by atoms with Crippen molar-refractivity contribution in [2.24, 2.45) is 5.92 Å². The first-order chi connectivity index (χ1) is 6.93. The Kier molecular flexibility index (Phi) is 1.73. The molecule has 72 valence electrons. The van der Waals surface area contributed by atoms with Gasteiger partial charge in [-0.3, -0.25) is 4.40 Å². The normalized spacial score (nSPS) is 17.1. The van der Waals surface area contributed by atoms with Crippen molar-refractivity contribution in [1.29, 1.82) is 0 Å². The Morgan fingerprint density at radius 1 is 1.36 bits per heavy atom. The fraction of sp³-hybridized carbons (Fsp3) is 0.400. The van der Waals surface area contributed by atoms with E-state index in [0.717, 1.165) is 36.9 Å². The van der Waals surface area contributed by atoms with E-state index in [4.69, 9.17) is 0 Å². The highest BCUT2D eigenvalue weighted by Crippen LogP contribution is 2.11. The van der Waals surface area contributed by atoms with Gasteiger partial charge < -0.3 is 5.32 Å². The zero-order valence-corrected chi connectivity index (χ0v) is 7.85. The summed E-state index contributed by atoms with van der Waals surface area (Å²) in [5, 5.41) is 11.6. The van der Waals surface area contributed by atoms with Crippen molar-refractivity contribution in [3.8, 4) is 0 Å². The molecule has 1 aliphatic heterocycles. The molecule has 0 saturated carbocycles. The lowest BCUT2D eigenvalue weighted by Gasteiger charge is -2.26. The molecule has 2 aromatic heterocycles. The number of nitrogens with zero attached hydrogens (tertiary/aromatic N) is 3. The van der Waals surface area contributed by atoms with Gasteiger partial charge in [0.1, 0.15) is 5.82 Å². The second-order valence-electron chi connectivity index (χ2n) is 3.77. The Morgan fingerprint density at radius 2 is 2.29 bits per heavy atom. The molecule has 3 heterocycles. The van der Waals surface area contributed by atoms with Crippen molar-refractivity contribution in [3.63, 3.8) is 0 Å². The van der Waals surface area contributed by atoms with E-state index in [1.807, 2.05) is 24.4 Å². The third-order valence-electron chi connectivity index (χ3n) is 2.72. The van der Waals surface area contributed by atoms with Crippen LogP contribution in [0.1, 0.15) is 5.82 Å². The van der Waals surface area contributed by atoms with E-state index < -0.39 is 0 Å². The minimum atomic E-state index is 0.739. The molecule has 0 unspecified atom stereocenters. The molecule has 2 aromatic rings. The van der Waals surface area contributed by atoms with Crippen molar-refractivity contribution in [2.75, 3.05) is 13.1 Å². The van der Waals surface area contributed by atoms with E-state index in [9.17, 15) is 0 Å². The van der Waals surface area contributed by atoms with E-state index in [-0.39, 0.29) is 0 Å². The molecule has 0 aromatic carbocycles. The van der Waals surface area contributed by atoms with Gasteiger partial charge in [0.2, 0.25) is 0 Å². The van der Waals surface area contributed by atoms with Crippen LogP contribution in [-0.2, 0) is 6.42 Å². The molecule has 4 heteroatoms. The van der Waals surface area contributed by atoms with Gasteiger partial charge in [-0.25, -0.2) is 0 Å².